The van der Waals surface area contributed by atoms with Crippen molar-refractivity contribution in [2.75, 3.05) is 13.1 Å². The van der Waals surface area contributed by atoms with Crippen molar-refractivity contribution in [2.24, 2.45) is 5.73 Å². The zero-order valence-corrected chi connectivity index (χ0v) is 11.8. The SMILES string of the molecule is C[C@@H](N)C(=O)N1CCC[C@H](Oc2ccccc2Cl)C1. The van der Waals surface area contributed by atoms with E-state index in [9.17, 15) is 4.79 Å². The molecule has 0 saturated carbocycles. The fourth-order valence-corrected chi connectivity index (χ4v) is 2.42. The Morgan fingerprint density at radius 1 is 1.53 bits per heavy atom. The molecule has 1 heterocycles. The maximum atomic E-state index is 11.9. The van der Waals surface area contributed by atoms with E-state index in [1.165, 1.54) is 0 Å². The fraction of sp³-hybridized carbons (Fsp3) is 0.500. The summed E-state index contributed by atoms with van der Waals surface area (Å²) in [6.07, 6.45) is 1.83. The highest BCUT2D eigenvalue weighted by Gasteiger charge is 2.26. The van der Waals surface area contributed by atoms with Crippen molar-refractivity contribution in [3.63, 3.8) is 0 Å². The van der Waals surface area contributed by atoms with Gasteiger partial charge in [-0.15, -0.1) is 0 Å². The molecule has 0 spiro atoms. The van der Waals surface area contributed by atoms with E-state index in [-0.39, 0.29) is 12.0 Å². The molecule has 19 heavy (non-hydrogen) atoms. The van der Waals surface area contributed by atoms with E-state index in [1.54, 1.807) is 17.9 Å². The summed E-state index contributed by atoms with van der Waals surface area (Å²) < 4.78 is 5.88. The van der Waals surface area contributed by atoms with Gasteiger partial charge in [0.1, 0.15) is 11.9 Å². The van der Waals surface area contributed by atoms with Gasteiger partial charge in [0, 0.05) is 6.54 Å². The number of rotatable bonds is 3. The highest BCUT2D eigenvalue weighted by molar-refractivity contribution is 6.32. The van der Waals surface area contributed by atoms with E-state index < -0.39 is 6.04 Å². The topological polar surface area (TPSA) is 55.6 Å². The lowest BCUT2D eigenvalue weighted by atomic mass is 10.1. The number of para-hydroxylation sites is 1. The number of nitrogens with zero attached hydrogens (tertiary/aromatic N) is 1. The average Bonchev–Trinajstić information content (AvgIpc) is 2.41. The molecule has 1 saturated heterocycles. The molecule has 0 bridgehead atoms. The first-order valence-corrected chi connectivity index (χ1v) is 6.91. The van der Waals surface area contributed by atoms with Gasteiger partial charge in [-0.25, -0.2) is 0 Å². The van der Waals surface area contributed by atoms with Crippen molar-refractivity contribution in [2.45, 2.75) is 31.9 Å². The number of carbonyl (C=O) groups excluding carboxylic acids is 1. The molecule has 104 valence electrons. The Morgan fingerprint density at radius 2 is 2.26 bits per heavy atom. The lowest BCUT2D eigenvalue weighted by Gasteiger charge is -2.34. The summed E-state index contributed by atoms with van der Waals surface area (Å²) in [5.74, 6) is 0.650. The van der Waals surface area contributed by atoms with Crippen molar-refractivity contribution in [3.05, 3.63) is 29.3 Å². The standard InChI is InChI=1S/C14H19ClN2O2/c1-10(16)14(18)17-8-4-5-11(9-17)19-13-7-3-2-6-12(13)15/h2-3,6-7,10-11H,4-5,8-9,16H2,1H3/t10-,11+/m1/s1. The Hall–Kier alpha value is -1.26. The molecule has 2 N–H and O–H groups in total. The van der Waals surface area contributed by atoms with Crippen LogP contribution in [0.3, 0.4) is 0 Å². The molecule has 2 rings (SSSR count). The Labute approximate surface area is 118 Å². The van der Waals surface area contributed by atoms with Gasteiger partial charge in [0.05, 0.1) is 17.6 Å². The average molecular weight is 283 g/mol. The number of hydrogen-bond donors (Lipinski definition) is 1. The maximum absolute atomic E-state index is 11.9. The number of halogens is 1. The van der Waals surface area contributed by atoms with Crippen molar-refractivity contribution in [1.29, 1.82) is 0 Å². The largest absolute Gasteiger partial charge is 0.487 e. The molecule has 0 aromatic heterocycles. The zero-order valence-electron chi connectivity index (χ0n) is 11.0. The Balaban J connectivity index is 1.98. The lowest BCUT2D eigenvalue weighted by molar-refractivity contribution is -0.134. The van der Waals surface area contributed by atoms with Gasteiger partial charge < -0.3 is 15.4 Å². The number of carbonyl (C=O) groups is 1. The number of piperidine rings is 1. The van der Waals surface area contributed by atoms with E-state index >= 15 is 0 Å². The first-order chi connectivity index (χ1) is 9.08. The Kier molecular flexibility index (Phi) is 4.66. The van der Waals surface area contributed by atoms with Crippen LogP contribution in [0.4, 0.5) is 0 Å². The van der Waals surface area contributed by atoms with E-state index in [0.29, 0.717) is 17.3 Å². The highest BCUT2D eigenvalue weighted by atomic mass is 35.5. The molecule has 2 atom stereocenters. The fourth-order valence-electron chi connectivity index (χ4n) is 2.24. The number of likely N-dealkylation sites (tertiary alicyclic amines) is 1. The summed E-state index contributed by atoms with van der Waals surface area (Å²) in [5.41, 5.74) is 5.64. The van der Waals surface area contributed by atoms with Crippen molar-refractivity contribution < 1.29 is 9.53 Å². The summed E-state index contributed by atoms with van der Waals surface area (Å²) in [6, 6.07) is 6.93. The van der Waals surface area contributed by atoms with Crippen LogP contribution >= 0.6 is 11.6 Å². The number of amides is 1. The second-order valence-electron chi connectivity index (χ2n) is 4.89. The van der Waals surface area contributed by atoms with Crippen LogP contribution in [-0.2, 0) is 4.79 Å². The molecule has 1 aromatic rings. The molecule has 1 fully saturated rings. The van der Waals surface area contributed by atoms with Crippen LogP contribution in [-0.4, -0.2) is 36.0 Å². The van der Waals surface area contributed by atoms with Gasteiger partial charge in [-0.3, -0.25) is 4.79 Å². The molecular formula is C14H19ClN2O2. The normalized spacial score (nSPS) is 21.0. The highest BCUT2D eigenvalue weighted by Crippen LogP contribution is 2.26. The van der Waals surface area contributed by atoms with Crippen molar-refractivity contribution in [1.82, 2.24) is 4.90 Å². The van der Waals surface area contributed by atoms with E-state index in [4.69, 9.17) is 22.1 Å². The molecule has 4 nitrogen and oxygen atoms in total. The predicted octanol–water partition coefficient (Wildman–Crippen LogP) is 2.06. The lowest BCUT2D eigenvalue weighted by Crippen LogP contribution is -2.49. The number of benzene rings is 1. The summed E-state index contributed by atoms with van der Waals surface area (Å²) >= 11 is 6.07. The van der Waals surface area contributed by atoms with Crippen LogP contribution in [0.2, 0.25) is 5.02 Å². The van der Waals surface area contributed by atoms with Gasteiger partial charge in [-0.05, 0) is 31.9 Å². The zero-order chi connectivity index (χ0) is 13.8. The van der Waals surface area contributed by atoms with Crippen LogP contribution in [0.25, 0.3) is 0 Å². The quantitative estimate of drug-likeness (QED) is 0.923. The second-order valence-corrected chi connectivity index (χ2v) is 5.29. The van der Waals surface area contributed by atoms with Crippen LogP contribution < -0.4 is 10.5 Å². The molecule has 1 aliphatic heterocycles. The summed E-state index contributed by atoms with van der Waals surface area (Å²) in [7, 11) is 0. The molecule has 0 aliphatic carbocycles. The Morgan fingerprint density at radius 3 is 2.95 bits per heavy atom. The van der Waals surface area contributed by atoms with Crippen molar-refractivity contribution in [3.8, 4) is 5.75 Å². The second kappa shape index (κ2) is 6.26. The third-order valence-electron chi connectivity index (χ3n) is 3.21. The maximum Gasteiger partial charge on any atom is 0.239 e. The van der Waals surface area contributed by atoms with E-state index in [0.717, 1.165) is 19.4 Å². The first-order valence-electron chi connectivity index (χ1n) is 6.53. The minimum Gasteiger partial charge on any atom is -0.487 e. The molecule has 1 aromatic carbocycles. The van der Waals surface area contributed by atoms with Crippen LogP contribution in [0.5, 0.6) is 5.75 Å². The van der Waals surface area contributed by atoms with Crippen LogP contribution in [0.1, 0.15) is 19.8 Å². The monoisotopic (exact) mass is 282 g/mol. The van der Waals surface area contributed by atoms with Gasteiger partial charge in [-0.1, -0.05) is 23.7 Å². The summed E-state index contributed by atoms with van der Waals surface area (Å²) in [5, 5.41) is 0.596. The van der Waals surface area contributed by atoms with Gasteiger partial charge in [0.2, 0.25) is 5.91 Å². The molecule has 1 amide bonds. The third-order valence-corrected chi connectivity index (χ3v) is 3.52. The first kappa shape index (κ1) is 14.2. The number of ether oxygens (including phenoxy) is 1. The molecule has 1 aliphatic rings. The molecule has 5 heteroatoms. The predicted molar refractivity (Wildman–Crippen MR) is 75.3 cm³/mol. The Bertz CT molecular complexity index is 451. The smallest absolute Gasteiger partial charge is 0.239 e. The summed E-state index contributed by atoms with van der Waals surface area (Å²) in [4.78, 5) is 13.7. The minimum absolute atomic E-state index is 0.0173. The van der Waals surface area contributed by atoms with E-state index in [1.807, 2.05) is 18.2 Å². The van der Waals surface area contributed by atoms with Gasteiger partial charge >= 0.3 is 0 Å². The van der Waals surface area contributed by atoms with Crippen LogP contribution in [0.15, 0.2) is 24.3 Å². The number of hydrogen-bond acceptors (Lipinski definition) is 3. The van der Waals surface area contributed by atoms with Crippen LogP contribution in [0, 0.1) is 0 Å². The van der Waals surface area contributed by atoms with Crippen molar-refractivity contribution >= 4 is 17.5 Å². The van der Waals surface area contributed by atoms with E-state index in [2.05, 4.69) is 0 Å². The molecule has 0 radical (unpaired) electrons. The van der Waals surface area contributed by atoms with Gasteiger partial charge in [0.25, 0.3) is 0 Å². The van der Waals surface area contributed by atoms with Gasteiger partial charge in [0.15, 0.2) is 0 Å². The minimum atomic E-state index is -0.459. The van der Waals surface area contributed by atoms with Gasteiger partial charge in [-0.2, -0.15) is 0 Å². The molecule has 0 unspecified atom stereocenters. The number of nitrogens with two attached hydrogens (primary N) is 1. The third kappa shape index (κ3) is 3.61. The molecular weight excluding hydrogens is 264 g/mol. The summed E-state index contributed by atoms with van der Waals surface area (Å²) in [6.45, 7) is 3.04.